The monoisotopic (exact) mass is 459 g/mol. The van der Waals surface area contributed by atoms with Crippen molar-refractivity contribution in [1.82, 2.24) is 10.3 Å². The molecule has 0 bridgehead atoms. The third-order valence-electron chi connectivity index (χ3n) is 5.59. The highest BCUT2D eigenvalue weighted by molar-refractivity contribution is 6.01. The van der Waals surface area contributed by atoms with Gasteiger partial charge in [0.1, 0.15) is 29.1 Å². The van der Waals surface area contributed by atoms with E-state index >= 15 is 0 Å². The number of hydrogen-bond acceptors (Lipinski definition) is 5. The van der Waals surface area contributed by atoms with Gasteiger partial charge in [0.15, 0.2) is 0 Å². The van der Waals surface area contributed by atoms with Gasteiger partial charge >= 0.3 is 0 Å². The molecule has 2 unspecified atom stereocenters. The maximum atomic E-state index is 13.9. The van der Waals surface area contributed by atoms with Crippen molar-refractivity contribution in [3.8, 4) is 0 Å². The first-order valence-electron chi connectivity index (χ1n) is 10.7. The lowest BCUT2D eigenvalue weighted by Gasteiger charge is -2.32. The summed E-state index contributed by atoms with van der Waals surface area (Å²) in [6.45, 7) is 4.64. The number of anilines is 2. The number of rotatable bonds is 7. The summed E-state index contributed by atoms with van der Waals surface area (Å²) >= 11 is 0. The molecule has 0 radical (unpaired) electrons. The van der Waals surface area contributed by atoms with Gasteiger partial charge in [0.05, 0.1) is 17.8 Å². The number of primary amides is 1. The van der Waals surface area contributed by atoms with Crippen molar-refractivity contribution in [3.05, 3.63) is 53.7 Å². The highest BCUT2D eigenvalue weighted by Gasteiger charge is 2.28. The van der Waals surface area contributed by atoms with Crippen LogP contribution in [-0.2, 0) is 9.59 Å². The minimum atomic E-state index is -1.03. The molecule has 3 amide bonds. The second-order valence-electron chi connectivity index (χ2n) is 8.37. The fourth-order valence-corrected chi connectivity index (χ4v) is 3.75. The average molecular weight is 459 g/mol. The summed E-state index contributed by atoms with van der Waals surface area (Å²) in [5.41, 5.74) is 5.08. The zero-order valence-corrected chi connectivity index (χ0v) is 18.5. The molecule has 1 aliphatic rings. The Labute approximate surface area is 190 Å². The SMILES string of the molecule is CC(C)C(NC(=O)c1c(F)cccc1F)C(=O)Nc1ccc(N2CCCC(C(N)=O)C2)nc1. The van der Waals surface area contributed by atoms with Crippen molar-refractivity contribution in [2.75, 3.05) is 23.3 Å². The van der Waals surface area contributed by atoms with Gasteiger partial charge in [-0.1, -0.05) is 19.9 Å². The Kier molecular flexibility index (Phi) is 7.57. The van der Waals surface area contributed by atoms with Crippen LogP contribution in [0.25, 0.3) is 0 Å². The van der Waals surface area contributed by atoms with Gasteiger partial charge in [-0.15, -0.1) is 0 Å². The smallest absolute Gasteiger partial charge is 0.257 e. The quantitative estimate of drug-likeness (QED) is 0.588. The lowest BCUT2D eigenvalue weighted by molar-refractivity contribution is -0.122. The van der Waals surface area contributed by atoms with Crippen molar-refractivity contribution >= 4 is 29.2 Å². The molecule has 1 aliphatic heterocycles. The molecule has 0 spiro atoms. The Hall–Kier alpha value is -3.56. The van der Waals surface area contributed by atoms with E-state index in [1.54, 1.807) is 26.0 Å². The fraction of sp³-hybridized carbons (Fsp3) is 0.391. The van der Waals surface area contributed by atoms with Crippen LogP contribution in [-0.4, -0.2) is 41.8 Å². The summed E-state index contributed by atoms with van der Waals surface area (Å²) in [5, 5.41) is 5.08. The largest absolute Gasteiger partial charge is 0.369 e. The van der Waals surface area contributed by atoms with E-state index in [9.17, 15) is 23.2 Å². The number of carbonyl (C=O) groups excluding carboxylic acids is 3. The van der Waals surface area contributed by atoms with Crippen LogP contribution in [0.4, 0.5) is 20.3 Å². The Balaban J connectivity index is 1.67. The molecule has 1 aromatic carbocycles. The number of benzene rings is 1. The molecule has 2 heterocycles. The summed E-state index contributed by atoms with van der Waals surface area (Å²) in [5.74, 6) is -3.83. The van der Waals surface area contributed by atoms with Crippen LogP contribution in [0.15, 0.2) is 36.5 Å². The molecule has 176 valence electrons. The van der Waals surface area contributed by atoms with E-state index in [2.05, 4.69) is 15.6 Å². The second kappa shape index (κ2) is 10.4. The first-order valence-corrected chi connectivity index (χ1v) is 10.7. The summed E-state index contributed by atoms with van der Waals surface area (Å²) < 4.78 is 27.8. The van der Waals surface area contributed by atoms with Crippen LogP contribution in [0.3, 0.4) is 0 Å². The van der Waals surface area contributed by atoms with Crippen LogP contribution in [0.2, 0.25) is 0 Å². The normalized spacial score (nSPS) is 16.9. The highest BCUT2D eigenvalue weighted by Crippen LogP contribution is 2.22. The number of amides is 3. The molecule has 2 aromatic rings. The molecule has 4 N–H and O–H groups in total. The molecule has 0 aliphatic carbocycles. The molecule has 8 nitrogen and oxygen atoms in total. The number of nitrogens with two attached hydrogens (primary N) is 1. The third-order valence-corrected chi connectivity index (χ3v) is 5.59. The predicted octanol–water partition coefficient (Wildman–Crippen LogP) is 2.45. The van der Waals surface area contributed by atoms with E-state index in [1.165, 1.54) is 6.20 Å². The summed E-state index contributed by atoms with van der Waals surface area (Å²) in [7, 11) is 0. The van der Waals surface area contributed by atoms with Crippen molar-refractivity contribution in [2.45, 2.75) is 32.7 Å². The molecule has 0 saturated carbocycles. The van der Waals surface area contributed by atoms with E-state index in [4.69, 9.17) is 5.73 Å². The topological polar surface area (TPSA) is 117 Å². The number of pyridine rings is 1. The van der Waals surface area contributed by atoms with Crippen LogP contribution in [0, 0.1) is 23.5 Å². The third kappa shape index (κ3) is 5.82. The number of carbonyl (C=O) groups is 3. The van der Waals surface area contributed by atoms with Gasteiger partial charge in [0.2, 0.25) is 11.8 Å². The maximum Gasteiger partial charge on any atom is 0.257 e. The van der Waals surface area contributed by atoms with Crippen molar-refractivity contribution < 1.29 is 23.2 Å². The standard InChI is InChI=1S/C23H27F2N5O3/c1-13(2)20(29-22(32)19-16(24)6-3-7-17(19)25)23(33)28-15-8-9-18(27-11-15)30-10-4-5-14(12-30)21(26)31/h3,6-9,11,13-14,20H,4-5,10,12H2,1-2H3,(H2,26,31)(H,28,33)(H,29,32). The van der Waals surface area contributed by atoms with E-state index in [-0.39, 0.29) is 17.7 Å². The molecule has 1 aromatic heterocycles. The highest BCUT2D eigenvalue weighted by atomic mass is 19.1. The van der Waals surface area contributed by atoms with E-state index in [0.29, 0.717) is 18.1 Å². The van der Waals surface area contributed by atoms with Crippen LogP contribution >= 0.6 is 0 Å². The lowest BCUT2D eigenvalue weighted by Crippen LogP contribution is -2.47. The molecule has 33 heavy (non-hydrogen) atoms. The lowest BCUT2D eigenvalue weighted by atomic mass is 9.97. The van der Waals surface area contributed by atoms with E-state index < -0.39 is 35.1 Å². The fourth-order valence-electron chi connectivity index (χ4n) is 3.75. The summed E-state index contributed by atoms with van der Waals surface area (Å²) in [6.07, 6.45) is 3.04. The van der Waals surface area contributed by atoms with Gasteiger partial charge in [-0.2, -0.15) is 0 Å². The molecule has 2 atom stereocenters. The number of hydrogen-bond donors (Lipinski definition) is 3. The number of halogens is 2. The average Bonchev–Trinajstić information content (AvgIpc) is 2.77. The van der Waals surface area contributed by atoms with Gasteiger partial charge in [-0.05, 0) is 43.0 Å². The van der Waals surface area contributed by atoms with E-state index in [1.807, 2.05) is 4.90 Å². The number of aromatic nitrogens is 1. The Morgan fingerprint density at radius 2 is 1.85 bits per heavy atom. The number of nitrogens with one attached hydrogen (secondary N) is 2. The molecular weight excluding hydrogens is 432 g/mol. The molecule has 1 fully saturated rings. The molecule has 1 saturated heterocycles. The van der Waals surface area contributed by atoms with E-state index in [0.717, 1.165) is 37.6 Å². The predicted molar refractivity (Wildman–Crippen MR) is 119 cm³/mol. The van der Waals surface area contributed by atoms with Crippen LogP contribution < -0.4 is 21.3 Å². The Bertz CT molecular complexity index is 1010. The molecule has 3 rings (SSSR count). The van der Waals surface area contributed by atoms with Gasteiger partial charge in [0, 0.05) is 13.1 Å². The van der Waals surface area contributed by atoms with Gasteiger partial charge in [-0.3, -0.25) is 14.4 Å². The maximum absolute atomic E-state index is 13.9. The van der Waals surface area contributed by atoms with Gasteiger partial charge in [0.25, 0.3) is 5.91 Å². The van der Waals surface area contributed by atoms with Crippen molar-refractivity contribution in [2.24, 2.45) is 17.6 Å². The molecular formula is C23H27F2N5O3. The first-order chi connectivity index (χ1) is 15.7. The zero-order chi connectivity index (χ0) is 24.1. The van der Waals surface area contributed by atoms with Gasteiger partial charge < -0.3 is 21.3 Å². The van der Waals surface area contributed by atoms with Crippen LogP contribution in [0.5, 0.6) is 0 Å². The minimum absolute atomic E-state index is 0.227. The Morgan fingerprint density at radius 3 is 2.42 bits per heavy atom. The van der Waals surface area contributed by atoms with Crippen molar-refractivity contribution in [3.63, 3.8) is 0 Å². The summed E-state index contributed by atoms with van der Waals surface area (Å²) in [4.78, 5) is 43.0. The minimum Gasteiger partial charge on any atom is -0.369 e. The summed E-state index contributed by atoms with van der Waals surface area (Å²) in [6, 6.07) is 5.45. The first kappa shape index (κ1) is 24.1. The zero-order valence-electron chi connectivity index (χ0n) is 18.5. The van der Waals surface area contributed by atoms with Crippen molar-refractivity contribution in [1.29, 1.82) is 0 Å². The Morgan fingerprint density at radius 1 is 1.15 bits per heavy atom. The number of nitrogens with zero attached hydrogens (tertiary/aromatic N) is 2. The van der Waals surface area contributed by atoms with Gasteiger partial charge in [-0.25, -0.2) is 13.8 Å². The van der Waals surface area contributed by atoms with Crippen LogP contribution in [0.1, 0.15) is 37.0 Å². The number of piperidine rings is 1. The molecule has 10 heteroatoms. The second-order valence-corrected chi connectivity index (χ2v) is 8.37.